The van der Waals surface area contributed by atoms with Crippen molar-refractivity contribution in [3.8, 4) is 0 Å². The van der Waals surface area contributed by atoms with Crippen LogP contribution >= 0.6 is 11.8 Å². The highest BCUT2D eigenvalue weighted by molar-refractivity contribution is 8.12. The van der Waals surface area contributed by atoms with Gasteiger partial charge in [0.25, 0.3) is 0 Å². The van der Waals surface area contributed by atoms with Crippen LogP contribution in [0.5, 0.6) is 0 Å². The Morgan fingerprint density at radius 1 is 1.59 bits per heavy atom. The van der Waals surface area contributed by atoms with Gasteiger partial charge in [0.15, 0.2) is 0 Å². The Balaban J connectivity index is 0.000000304. The van der Waals surface area contributed by atoms with Crippen LogP contribution in [0.2, 0.25) is 0 Å². The van der Waals surface area contributed by atoms with Gasteiger partial charge in [0.1, 0.15) is 6.10 Å². The zero-order chi connectivity index (χ0) is 13.7. The maximum Gasteiger partial charge on any atom is 0.522 e. The van der Waals surface area contributed by atoms with Crippen molar-refractivity contribution in [1.82, 2.24) is 0 Å². The van der Waals surface area contributed by atoms with Gasteiger partial charge in [-0.05, 0) is 12.7 Å². The summed E-state index contributed by atoms with van der Waals surface area (Å²) in [4.78, 5) is 4.16. The van der Waals surface area contributed by atoms with E-state index in [-0.39, 0.29) is 0 Å². The molecule has 1 N–H and O–H groups in total. The zero-order valence-electron chi connectivity index (χ0n) is 9.06. The molecule has 0 saturated carbocycles. The number of ether oxygens (including phenoxy) is 1. The quantitative estimate of drug-likeness (QED) is 0.590. The van der Waals surface area contributed by atoms with Crippen LogP contribution in [0.3, 0.4) is 0 Å². The molecule has 5 nitrogen and oxygen atoms in total. The molecule has 0 spiro atoms. The van der Waals surface area contributed by atoms with E-state index in [9.17, 15) is 13.2 Å². The molecule has 0 aromatic carbocycles. The average Bonchev–Trinajstić information content (AvgIpc) is 2.63. The van der Waals surface area contributed by atoms with Gasteiger partial charge in [-0.15, -0.1) is 0 Å². The van der Waals surface area contributed by atoms with Gasteiger partial charge in [0.05, 0.1) is 6.54 Å². The summed E-state index contributed by atoms with van der Waals surface area (Å²) in [7, 11) is -5.84. The van der Waals surface area contributed by atoms with Gasteiger partial charge in [-0.1, -0.05) is 18.7 Å². The highest BCUT2D eigenvalue weighted by Gasteiger charge is 2.44. The van der Waals surface area contributed by atoms with Crippen LogP contribution in [-0.4, -0.2) is 42.6 Å². The SMILES string of the molecule is CCC1CN=C(SC)O1.O=S(=O)(O)C(F)(F)F. The summed E-state index contributed by atoms with van der Waals surface area (Å²) < 4.78 is 62.9. The smallest absolute Gasteiger partial charge is 0.468 e. The van der Waals surface area contributed by atoms with Gasteiger partial charge in [-0.2, -0.15) is 21.6 Å². The molecule has 0 aromatic heterocycles. The molecule has 17 heavy (non-hydrogen) atoms. The Labute approximate surface area is 101 Å². The summed E-state index contributed by atoms with van der Waals surface area (Å²) in [5, 5.41) is 0.849. The fourth-order valence-electron chi connectivity index (χ4n) is 0.719. The fourth-order valence-corrected chi connectivity index (χ4v) is 1.15. The number of nitrogens with zero attached hydrogens (tertiary/aromatic N) is 1. The van der Waals surface area contributed by atoms with E-state index in [1.54, 1.807) is 11.8 Å². The van der Waals surface area contributed by atoms with Crippen LogP contribution < -0.4 is 0 Å². The normalized spacial score (nSPS) is 20.1. The molecule has 1 aliphatic rings. The Morgan fingerprint density at radius 3 is 2.24 bits per heavy atom. The van der Waals surface area contributed by atoms with Crippen molar-refractivity contribution in [2.75, 3.05) is 12.8 Å². The van der Waals surface area contributed by atoms with Gasteiger partial charge in [-0.25, -0.2) is 4.99 Å². The third kappa shape index (κ3) is 6.13. The molecule has 0 radical (unpaired) electrons. The largest absolute Gasteiger partial charge is 0.522 e. The molecule has 1 unspecified atom stereocenters. The summed E-state index contributed by atoms with van der Waals surface area (Å²) in [5.41, 5.74) is -5.53. The number of aliphatic imine (C=N–C) groups is 1. The monoisotopic (exact) mass is 295 g/mol. The lowest BCUT2D eigenvalue weighted by Crippen LogP contribution is -2.21. The van der Waals surface area contributed by atoms with E-state index in [1.165, 1.54) is 0 Å². The minimum atomic E-state index is -5.84. The molecule has 0 bridgehead atoms. The van der Waals surface area contributed by atoms with Crippen LogP contribution in [0, 0.1) is 0 Å². The first-order chi connectivity index (χ1) is 7.61. The Morgan fingerprint density at radius 2 is 2.06 bits per heavy atom. The number of hydrogen-bond acceptors (Lipinski definition) is 5. The van der Waals surface area contributed by atoms with E-state index in [0.29, 0.717) is 6.10 Å². The molecule has 0 aromatic rings. The fraction of sp³-hybridized carbons (Fsp3) is 0.857. The Bertz CT molecular complexity index is 366. The van der Waals surface area contributed by atoms with Crippen LogP contribution in [-0.2, 0) is 14.9 Å². The Kier molecular flexibility index (Phi) is 6.27. The lowest BCUT2D eigenvalue weighted by Gasteiger charge is -2.05. The van der Waals surface area contributed by atoms with E-state index in [1.807, 2.05) is 6.26 Å². The predicted octanol–water partition coefficient (Wildman–Crippen LogP) is 1.91. The van der Waals surface area contributed by atoms with Crippen LogP contribution in [0.25, 0.3) is 0 Å². The minimum Gasteiger partial charge on any atom is -0.468 e. The molecule has 0 saturated heterocycles. The van der Waals surface area contributed by atoms with Crippen molar-refractivity contribution in [3.05, 3.63) is 0 Å². The molecular weight excluding hydrogens is 283 g/mol. The third-order valence-corrected chi connectivity index (χ3v) is 2.77. The molecule has 0 aliphatic carbocycles. The lowest BCUT2D eigenvalue weighted by molar-refractivity contribution is -0.0510. The molecule has 102 valence electrons. The number of rotatable bonds is 1. The second kappa shape index (κ2) is 6.45. The van der Waals surface area contributed by atoms with Crippen LogP contribution in [0.4, 0.5) is 13.2 Å². The van der Waals surface area contributed by atoms with E-state index >= 15 is 0 Å². The second-order valence-electron chi connectivity index (χ2n) is 2.88. The third-order valence-electron chi connectivity index (χ3n) is 1.61. The summed E-state index contributed by atoms with van der Waals surface area (Å²) in [5.74, 6) is 0. The van der Waals surface area contributed by atoms with Crippen LogP contribution in [0.1, 0.15) is 13.3 Å². The van der Waals surface area contributed by atoms with Gasteiger partial charge in [0.2, 0.25) is 5.23 Å². The van der Waals surface area contributed by atoms with Crippen molar-refractivity contribution in [1.29, 1.82) is 0 Å². The van der Waals surface area contributed by atoms with Crippen molar-refractivity contribution in [2.24, 2.45) is 4.99 Å². The van der Waals surface area contributed by atoms with Crippen molar-refractivity contribution < 1.29 is 30.9 Å². The molecule has 1 heterocycles. The van der Waals surface area contributed by atoms with Crippen molar-refractivity contribution >= 4 is 27.1 Å². The first kappa shape index (κ1) is 16.5. The number of alkyl halides is 3. The second-order valence-corrected chi connectivity index (χ2v) is 5.05. The van der Waals surface area contributed by atoms with E-state index < -0.39 is 15.6 Å². The van der Waals surface area contributed by atoms with E-state index in [4.69, 9.17) is 17.7 Å². The number of hydrogen-bond donors (Lipinski definition) is 1. The van der Waals surface area contributed by atoms with Crippen molar-refractivity contribution in [2.45, 2.75) is 25.0 Å². The van der Waals surface area contributed by atoms with Gasteiger partial charge in [0, 0.05) is 0 Å². The standard InChI is InChI=1S/C6H11NOS.CHF3O3S/c1-3-5-4-7-6(8-5)9-2;2-1(3,4)8(5,6)7/h5H,3-4H2,1-2H3;(H,5,6,7). The van der Waals surface area contributed by atoms with Gasteiger partial charge < -0.3 is 4.74 Å². The molecule has 1 atom stereocenters. The molecule has 10 heteroatoms. The van der Waals surface area contributed by atoms with Crippen molar-refractivity contribution in [3.63, 3.8) is 0 Å². The summed E-state index contributed by atoms with van der Waals surface area (Å²) in [6.07, 6.45) is 3.40. The molecule has 0 fully saturated rings. The Hall–Kier alpha value is -0.480. The number of halogens is 3. The maximum atomic E-state index is 10.7. The van der Waals surface area contributed by atoms with Crippen LogP contribution in [0.15, 0.2) is 4.99 Å². The molecule has 1 aliphatic heterocycles. The first-order valence-electron chi connectivity index (χ1n) is 4.40. The van der Waals surface area contributed by atoms with E-state index in [2.05, 4.69) is 11.9 Å². The molecule has 1 rings (SSSR count). The first-order valence-corrected chi connectivity index (χ1v) is 7.07. The molecule has 0 amide bonds. The average molecular weight is 295 g/mol. The summed E-state index contributed by atoms with van der Waals surface area (Å²) >= 11 is 1.58. The summed E-state index contributed by atoms with van der Waals surface area (Å²) in [6.45, 7) is 2.97. The highest BCUT2D eigenvalue weighted by atomic mass is 32.2. The molecular formula is C7H12F3NO4S2. The maximum absolute atomic E-state index is 10.7. The van der Waals surface area contributed by atoms with Gasteiger partial charge >= 0.3 is 15.6 Å². The lowest BCUT2D eigenvalue weighted by atomic mass is 10.3. The summed E-state index contributed by atoms with van der Waals surface area (Å²) in [6, 6.07) is 0. The highest BCUT2D eigenvalue weighted by Crippen LogP contribution is 2.20. The topological polar surface area (TPSA) is 76.0 Å². The van der Waals surface area contributed by atoms with E-state index in [0.717, 1.165) is 18.2 Å². The van der Waals surface area contributed by atoms with Gasteiger partial charge in [-0.3, -0.25) is 4.55 Å². The number of thioether (sulfide) groups is 1. The predicted molar refractivity (Wildman–Crippen MR) is 58.6 cm³/mol. The minimum absolute atomic E-state index is 0.354. The zero-order valence-corrected chi connectivity index (χ0v) is 10.7.